The third kappa shape index (κ3) is 1.19. The van der Waals surface area contributed by atoms with Gasteiger partial charge in [0.2, 0.25) is 0 Å². The summed E-state index contributed by atoms with van der Waals surface area (Å²) in [6.45, 7) is 1.84. The Balaban J connectivity index is 2.23. The molecule has 3 aromatic rings. The first-order valence-electron chi connectivity index (χ1n) is 4.93. The highest BCUT2D eigenvalue weighted by Crippen LogP contribution is 2.14. The van der Waals surface area contributed by atoms with Gasteiger partial charge >= 0.3 is 0 Å². The van der Waals surface area contributed by atoms with Crippen molar-refractivity contribution in [2.75, 3.05) is 0 Å². The van der Waals surface area contributed by atoms with Crippen LogP contribution in [-0.2, 0) is 7.05 Å². The number of pyridine rings is 1. The van der Waals surface area contributed by atoms with Crippen LogP contribution in [-0.4, -0.2) is 29.8 Å². The topological polar surface area (TPSA) is 61.4 Å². The minimum atomic E-state index is 0.725. The van der Waals surface area contributed by atoms with Gasteiger partial charge in [0.25, 0.3) is 0 Å². The minimum Gasteiger partial charge on any atom is -0.349 e. The second-order valence-electron chi connectivity index (χ2n) is 3.64. The zero-order valence-electron chi connectivity index (χ0n) is 8.99. The van der Waals surface area contributed by atoms with Crippen LogP contribution >= 0.6 is 0 Å². The van der Waals surface area contributed by atoms with Gasteiger partial charge in [-0.05, 0) is 35.5 Å². The molecule has 0 radical (unpaired) electrons. The van der Waals surface area contributed by atoms with Crippen LogP contribution in [0.15, 0.2) is 24.4 Å². The molecule has 0 saturated heterocycles. The molecular weight excluding hydrogens is 204 g/mol. The highest BCUT2D eigenvalue weighted by atomic mass is 15.5. The van der Waals surface area contributed by atoms with Crippen LogP contribution in [0.5, 0.6) is 0 Å². The molecule has 0 spiro atoms. The van der Waals surface area contributed by atoms with Crippen LogP contribution in [0, 0.1) is 6.92 Å². The van der Waals surface area contributed by atoms with Gasteiger partial charge in [-0.2, -0.15) is 4.68 Å². The van der Waals surface area contributed by atoms with Crippen molar-refractivity contribution in [3.63, 3.8) is 0 Å². The summed E-state index contributed by atoms with van der Waals surface area (Å²) in [5, 5.41) is 11.3. The molecular formula is C10H10N6. The number of hydrogen-bond donors (Lipinski definition) is 0. The smallest absolute Gasteiger partial charge is 0.158 e. The Kier molecular flexibility index (Phi) is 1.76. The number of fused-ring (bicyclic) bond motifs is 1. The minimum absolute atomic E-state index is 0.725. The number of nitrogens with zero attached hydrogens (tertiary/aromatic N) is 6. The third-order valence-corrected chi connectivity index (χ3v) is 2.57. The second-order valence-corrected chi connectivity index (χ2v) is 3.64. The van der Waals surface area contributed by atoms with E-state index in [0.29, 0.717) is 0 Å². The largest absolute Gasteiger partial charge is 0.349 e. The van der Waals surface area contributed by atoms with Crippen LogP contribution in [0.25, 0.3) is 16.9 Å². The number of aryl methyl sites for hydroxylation is 2. The van der Waals surface area contributed by atoms with Crippen LogP contribution in [0.2, 0.25) is 0 Å². The van der Waals surface area contributed by atoms with E-state index in [-0.39, 0.29) is 0 Å². The van der Waals surface area contributed by atoms with E-state index in [1.807, 2.05) is 42.9 Å². The van der Waals surface area contributed by atoms with Gasteiger partial charge < -0.3 is 4.57 Å². The van der Waals surface area contributed by atoms with Crippen molar-refractivity contribution in [3.05, 3.63) is 30.2 Å². The molecule has 0 amide bonds. The fourth-order valence-corrected chi connectivity index (χ4v) is 1.70. The zero-order chi connectivity index (χ0) is 11.1. The van der Waals surface area contributed by atoms with Crippen molar-refractivity contribution in [2.45, 2.75) is 6.92 Å². The fraction of sp³-hybridized carbons (Fsp3) is 0.200. The number of hydrogen-bond acceptors (Lipinski definition) is 4. The van der Waals surface area contributed by atoms with Gasteiger partial charge in [-0.1, -0.05) is 0 Å². The summed E-state index contributed by atoms with van der Waals surface area (Å²) >= 11 is 0. The predicted octanol–water partition coefficient (Wildman–Crippen LogP) is 0.857. The van der Waals surface area contributed by atoms with E-state index in [1.165, 1.54) is 0 Å². The first kappa shape index (κ1) is 9.02. The van der Waals surface area contributed by atoms with Crippen molar-refractivity contribution in [2.24, 2.45) is 7.05 Å². The summed E-state index contributed by atoms with van der Waals surface area (Å²) < 4.78 is 3.64. The van der Waals surface area contributed by atoms with Gasteiger partial charge in [-0.3, -0.25) is 0 Å². The van der Waals surface area contributed by atoms with E-state index < -0.39 is 0 Å². The lowest BCUT2D eigenvalue weighted by Crippen LogP contribution is -2.02. The summed E-state index contributed by atoms with van der Waals surface area (Å²) in [6, 6.07) is 5.89. The Morgan fingerprint density at radius 1 is 1.19 bits per heavy atom. The number of aromatic nitrogens is 6. The molecule has 80 valence electrons. The average Bonchev–Trinajstić information content (AvgIpc) is 2.86. The molecule has 3 aromatic heterocycles. The first-order valence-corrected chi connectivity index (χ1v) is 4.93. The molecule has 0 fully saturated rings. The van der Waals surface area contributed by atoms with E-state index in [2.05, 4.69) is 20.5 Å². The van der Waals surface area contributed by atoms with Crippen molar-refractivity contribution in [1.29, 1.82) is 0 Å². The lowest BCUT2D eigenvalue weighted by atomic mass is 10.3. The van der Waals surface area contributed by atoms with Gasteiger partial charge in [0.15, 0.2) is 11.6 Å². The van der Waals surface area contributed by atoms with Crippen LogP contribution < -0.4 is 0 Å². The Bertz CT molecular complexity index is 650. The maximum absolute atomic E-state index is 4.50. The molecule has 0 atom stereocenters. The average molecular weight is 214 g/mol. The molecule has 0 unspecified atom stereocenters. The molecule has 6 heteroatoms. The van der Waals surface area contributed by atoms with Gasteiger partial charge in [0.1, 0.15) is 0 Å². The fourth-order valence-electron chi connectivity index (χ4n) is 1.70. The Labute approximate surface area is 91.5 Å². The highest BCUT2D eigenvalue weighted by molar-refractivity contribution is 5.76. The predicted molar refractivity (Wildman–Crippen MR) is 58.2 cm³/mol. The Morgan fingerprint density at radius 3 is 2.81 bits per heavy atom. The molecule has 0 N–H and O–H groups in total. The lowest BCUT2D eigenvalue weighted by molar-refractivity contribution is 0.763. The van der Waals surface area contributed by atoms with Crippen molar-refractivity contribution in [3.8, 4) is 5.82 Å². The molecule has 0 aliphatic heterocycles. The lowest BCUT2D eigenvalue weighted by Gasteiger charge is -2.01. The van der Waals surface area contributed by atoms with E-state index in [9.17, 15) is 0 Å². The van der Waals surface area contributed by atoms with Crippen LogP contribution in [0.1, 0.15) is 5.82 Å². The molecule has 0 aliphatic rings. The molecule has 3 rings (SSSR count). The van der Waals surface area contributed by atoms with Crippen LogP contribution in [0.4, 0.5) is 0 Å². The Morgan fingerprint density at radius 2 is 2.06 bits per heavy atom. The summed E-state index contributed by atoms with van der Waals surface area (Å²) in [6.07, 6.45) is 1.98. The number of tetrazole rings is 1. The molecule has 16 heavy (non-hydrogen) atoms. The maximum Gasteiger partial charge on any atom is 0.158 e. The van der Waals surface area contributed by atoms with Gasteiger partial charge in [-0.25, -0.2) is 4.98 Å². The summed E-state index contributed by atoms with van der Waals surface area (Å²) in [4.78, 5) is 4.50. The second kappa shape index (κ2) is 3.13. The van der Waals surface area contributed by atoms with Gasteiger partial charge in [-0.15, -0.1) is 5.10 Å². The number of rotatable bonds is 1. The van der Waals surface area contributed by atoms with Gasteiger partial charge in [0.05, 0.1) is 11.0 Å². The van der Waals surface area contributed by atoms with E-state index in [0.717, 1.165) is 22.7 Å². The molecule has 3 heterocycles. The monoisotopic (exact) mass is 214 g/mol. The quantitative estimate of drug-likeness (QED) is 0.602. The summed E-state index contributed by atoms with van der Waals surface area (Å²) in [5.41, 5.74) is 2.03. The molecule has 0 saturated carbocycles. The molecule has 0 aromatic carbocycles. The van der Waals surface area contributed by atoms with Crippen molar-refractivity contribution < 1.29 is 0 Å². The maximum atomic E-state index is 4.50. The van der Waals surface area contributed by atoms with Crippen molar-refractivity contribution >= 4 is 11.0 Å². The highest BCUT2D eigenvalue weighted by Gasteiger charge is 2.06. The molecule has 0 bridgehead atoms. The van der Waals surface area contributed by atoms with E-state index in [1.54, 1.807) is 4.68 Å². The molecule has 0 aliphatic carbocycles. The zero-order valence-corrected chi connectivity index (χ0v) is 8.99. The van der Waals surface area contributed by atoms with E-state index >= 15 is 0 Å². The summed E-state index contributed by atoms with van der Waals surface area (Å²) in [7, 11) is 1.99. The molecule has 6 nitrogen and oxygen atoms in total. The third-order valence-electron chi connectivity index (χ3n) is 2.57. The summed E-state index contributed by atoms with van der Waals surface area (Å²) in [5.74, 6) is 1.46. The first-order chi connectivity index (χ1) is 7.75. The van der Waals surface area contributed by atoms with Crippen molar-refractivity contribution in [1.82, 2.24) is 29.8 Å². The Hall–Kier alpha value is -2.24. The standard InChI is InChI=1S/C10H10N6/c1-7-12-13-14-16(7)10-4-3-9-8(11-10)5-6-15(9)2/h3-6H,1-2H3. The SMILES string of the molecule is Cc1nnnn1-c1ccc2c(ccn2C)n1. The van der Waals surface area contributed by atoms with Crippen LogP contribution in [0.3, 0.4) is 0 Å². The van der Waals surface area contributed by atoms with E-state index in [4.69, 9.17) is 0 Å². The normalized spacial score (nSPS) is 11.1. The van der Waals surface area contributed by atoms with Gasteiger partial charge in [0, 0.05) is 13.2 Å².